The van der Waals surface area contributed by atoms with Gasteiger partial charge in [-0.2, -0.15) is 0 Å². The zero-order chi connectivity index (χ0) is 18.8. The summed E-state index contributed by atoms with van der Waals surface area (Å²) in [6, 6.07) is 4.69. The molecule has 0 saturated heterocycles. The third-order valence-electron chi connectivity index (χ3n) is 4.51. The molecule has 0 spiro atoms. The van der Waals surface area contributed by atoms with Gasteiger partial charge in [-0.05, 0) is 59.6 Å². The monoisotopic (exact) mass is 373 g/mol. The van der Waals surface area contributed by atoms with Gasteiger partial charge >= 0.3 is 0 Å². The van der Waals surface area contributed by atoms with Crippen LogP contribution in [0.15, 0.2) is 29.7 Å². The molecule has 26 heavy (non-hydrogen) atoms. The summed E-state index contributed by atoms with van der Waals surface area (Å²) >= 11 is 1.51. The van der Waals surface area contributed by atoms with Crippen molar-refractivity contribution in [2.24, 2.45) is 0 Å². The second-order valence-corrected chi connectivity index (χ2v) is 8.64. The van der Waals surface area contributed by atoms with Crippen molar-refractivity contribution in [3.05, 3.63) is 24.5 Å². The minimum absolute atomic E-state index is 0.149. The lowest BCUT2D eigenvalue weighted by Crippen LogP contribution is -2.45. The fraction of sp³-hybridized carbons (Fsp3) is 0.579. The summed E-state index contributed by atoms with van der Waals surface area (Å²) in [7, 11) is 0. The summed E-state index contributed by atoms with van der Waals surface area (Å²) in [5.41, 5.74) is 1.01. The molecule has 2 aromatic heterocycles. The molecule has 1 aliphatic carbocycles. The third kappa shape index (κ3) is 3.92. The van der Waals surface area contributed by atoms with Crippen LogP contribution < -0.4 is 0 Å². The predicted molar refractivity (Wildman–Crippen MR) is 104 cm³/mol. The summed E-state index contributed by atoms with van der Waals surface area (Å²) in [6.07, 6.45) is 5.80. The highest BCUT2D eigenvalue weighted by Crippen LogP contribution is 2.41. The van der Waals surface area contributed by atoms with Crippen LogP contribution in [0, 0.1) is 0 Å². The van der Waals surface area contributed by atoms with Gasteiger partial charge in [-0.3, -0.25) is 14.3 Å². The van der Waals surface area contributed by atoms with Gasteiger partial charge in [0.15, 0.2) is 11.0 Å². The first-order valence-corrected chi connectivity index (χ1v) is 10.1. The number of aromatic nitrogens is 4. The van der Waals surface area contributed by atoms with Crippen LogP contribution in [0.2, 0.25) is 0 Å². The number of nitrogens with zero attached hydrogens (tertiary/aromatic N) is 5. The van der Waals surface area contributed by atoms with E-state index in [1.165, 1.54) is 11.8 Å². The van der Waals surface area contributed by atoms with Gasteiger partial charge in [0.2, 0.25) is 5.91 Å². The van der Waals surface area contributed by atoms with Crippen LogP contribution in [0.25, 0.3) is 11.4 Å². The van der Waals surface area contributed by atoms with Crippen molar-refractivity contribution in [2.75, 3.05) is 0 Å². The molecule has 1 amide bonds. The van der Waals surface area contributed by atoms with E-state index in [-0.39, 0.29) is 23.2 Å². The van der Waals surface area contributed by atoms with Crippen molar-refractivity contribution >= 4 is 17.7 Å². The van der Waals surface area contributed by atoms with Gasteiger partial charge in [-0.1, -0.05) is 11.8 Å². The third-order valence-corrected chi connectivity index (χ3v) is 5.56. The average molecular weight is 374 g/mol. The Labute approximate surface area is 159 Å². The van der Waals surface area contributed by atoms with Crippen molar-refractivity contribution in [3.63, 3.8) is 0 Å². The SMILES string of the molecule is CC(C)N(C(=O)[C@H](C)Sc1nnc(-c2ccncc2)n1C1CC1)C(C)C. The number of carbonyl (C=O) groups excluding carboxylic acids is 1. The number of hydrogen-bond acceptors (Lipinski definition) is 5. The maximum Gasteiger partial charge on any atom is 0.236 e. The van der Waals surface area contributed by atoms with Crippen molar-refractivity contribution in [2.45, 2.75) is 76.0 Å². The van der Waals surface area contributed by atoms with E-state index in [2.05, 4.69) is 47.4 Å². The molecular formula is C19H27N5OS. The summed E-state index contributed by atoms with van der Waals surface area (Å²) in [5, 5.41) is 9.45. The van der Waals surface area contributed by atoms with Crippen LogP contribution in [0.5, 0.6) is 0 Å². The molecule has 2 heterocycles. The number of rotatable bonds is 7. The second kappa shape index (κ2) is 7.78. The van der Waals surface area contributed by atoms with Crippen LogP contribution in [0.4, 0.5) is 0 Å². The standard InChI is InChI=1S/C19H27N5OS/c1-12(2)23(13(3)4)18(25)14(5)26-19-22-21-17(24(19)16-6-7-16)15-8-10-20-11-9-15/h8-14,16H,6-7H2,1-5H3/t14-/m0/s1. The average Bonchev–Trinajstić information content (AvgIpc) is 3.35. The second-order valence-electron chi connectivity index (χ2n) is 7.34. The topological polar surface area (TPSA) is 63.9 Å². The Bertz CT molecular complexity index is 747. The molecule has 0 aromatic carbocycles. The minimum Gasteiger partial charge on any atom is -0.337 e. The summed E-state index contributed by atoms with van der Waals surface area (Å²) < 4.78 is 2.19. The molecule has 0 unspecified atom stereocenters. The van der Waals surface area contributed by atoms with E-state index < -0.39 is 0 Å². The van der Waals surface area contributed by atoms with E-state index in [9.17, 15) is 4.79 Å². The van der Waals surface area contributed by atoms with E-state index in [0.29, 0.717) is 6.04 Å². The fourth-order valence-electron chi connectivity index (χ4n) is 3.24. The molecule has 140 valence electrons. The smallest absolute Gasteiger partial charge is 0.236 e. The van der Waals surface area contributed by atoms with Crippen LogP contribution in [-0.4, -0.2) is 47.9 Å². The molecule has 6 nitrogen and oxygen atoms in total. The van der Waals surface area contributed by atoms with Gasteiger partial charge in [-0.15, -0.1) is 10.2 Å². The van der Waals surface area contributed by atoms with Gasteiger partial charge in [0.05, 0.1) is 5.25 Å². The summed E-state index contributed by atoms with van der Waals surface area (Å²) in [4.78, 5) is 19.0. The summed E-state index contributed by atoms with van der Waals surface area (Å²) in [6.45, 7) is 10.2. The van der Waals surface area contributed by atoms with Gasteiger partial charge in [0, 0.05) is 36.1 Å². The molecule has 0 bridgehead atoms. The minimum atomic E-state index is -0.202. The van der Waals surface area contributed by atoms with E-state index in [1.807, 2.05) is 24.0 Å². The van der Waals surface area contributed by atoms with Crippen LogP contribution in [-0.2, 0) is 4.79 Å². The number of thioether (sulfide) groups is 1. The number of carbonyl (C=O) groups is 1. The van der Waals surface area contributed by atoms with Crippen molar-refractivity contribution in [1.82, 2.24) is 24.6 Å². The Morgan fingerprint density at radius 3 is 2.27 bits per heavy atom. The molecule has 2 aromatic rings. The summed E-state index contributed by atoms with van der Waals surface area (Å²) in [5.74, 6) is 1.01. The lowest BCUT2D eigenvalue weighted by atomic mass is 10.2. The maximum absolute atomic E-state index is 12.9. The Kier molecular flexibility index (Phi) is 5.65. The Balaban J connectivity index is 1.84. The maximum atomic E-state index is 12.9. The molecule has 7 heteroatoms. The largest absolute Gasteiger partial charge is 0.337 e. The molecule has 0 aliphatic heterocycles. The molecule has 1 fully saturated rings. The number of hydrogen-bond donors (Lipinski definition) is 0. The van der Waals surface area contributed by atoms with E-state index in [4.69, 9.17) is 0 Å². The zero-order valence-electron chi connectivity index (χ0n) is 16.1. The molecular weight excluding hydrogens is 346 g/mol. The van der Waals surface area contributed by atoms with Crippen molar-refractivity contribution in [3.8, 4) is 11.4 Å². The van der Waals surface area contributed by atoms with Gasteiger partial charge in [-0.25, -0.2) is 0 Å². The molecule has 0 radical (unpaired) electrons. The highest BCUT2D eigenvalue weighted by atomic mass is 32.2. The lowest BCUT2D eigenvalue weighted by Gasteiger charge is -2.32. The Morgan fingerprint density at radius 2 is 1.73 bits per heavy atom. The normalized spacial score (nSPS) is 15.5. The molecule has 0 N–H and O–H groups in total. The molecule has 1 atom stereocenters. The zero-order valence-corrected chi connectivity index (χ0v) is 16.9. The van der Waals surface area contributed by atoms with Gasteiger partial charge < -0.3 is 4.90 Å². The van der Waals surface area contributed by atoms with Gasteiger partial charge in [0.1, 0.15) is 0 Å². The van der Waals surface area contributed by atoms with E-state index in [1.54, 1.807) is 12.4 Å². The fourth-order valence-corrected chi connectivity index (χ4v) is 4.22. The number of amides is 1. The quantitative estimate of drug-likeness (QED) is 0.691. The van der Waals surface area contributed by atoms with Crippen LogP contribution in [0.3, 0.4) is 0 Å². The van der Waals surface area contributed by atoms with Crippen LogP contribution in [0.1, 0.15) is 53.5 Å². The highest BCUT2D eigenvalue weighted by Gasteiger charge is 2.33. The molecule has 1 saturated carbocycles. The Morgan fingerprint density at radius 1 is 1.12 bits per heavy atom. The van der Waals surface area contributed by atoms with Crippen LogP contribution >= 0.6 is 11.8 Å². The Hall–Kier alpha value is -1.89. The van der Waals surface area contributed by atoms with E-state index >= 15 is 0 Å². The van der Waals surface area contributed by atoms with E-state index in [0.717, 1.165) is 29.4 Å². The predicted octanol–water partition coefficient (Wildman–Crippen LogP) is 3.80. The van der Waals surface area contributed by atoms with Crippen molar-refractivity contribution < 1.29 is 4.79 Å². The first kappa shape index (κ1) is 18.9. The highest BCUT2D eigenvalue weighted by molar-refractivity contribution is 8.00. The molecule has 3 rings (SSSR count). The first-order chi connectivity index (χ1) is 12.4. The number of pyridine rings is 1. The van der Waals surface area contributed by atoms with Crippen molar-refractivity contribution in [1.29, 1.82) is 0 Å². The first-order valence-electron chi connectivity index (χ1n) is 9.24. The lowest BCUT2D eigenvalue weighted by molar-refractivity contribution is -0.133. The van der Waals surface area contributed by atoms with Gasteiger partial charge in [0.25, 0.3) is 0 Å². The molecule has 1 aliphatic rings.